The van der Waals surface area contributed by atoms with Crippen LogP contribution in [-0.4, -0.2) is 25.3 Å². The molecule has 1 rings (SSSR count). The number of hydrogen-bond donors (Lipinski definition) is 2. The first-order valence-corrected chi connectivity index (χ1v) is 4.85. The van der Waals surface area contributed by atoms with E-state index in [0.717, 1.165) is 6.29 Å². The van der Waals surface area contributed by atoms with Crippen molar-refractivity contribution in [2.45, 2.75) is 6.92 Å². The molecule has 5 heteroatoms. The van der Waals surface area contributed by atoms with Crippen LogP contribution in [-0.2, 0) is 0 Å². The van der Waals surface area contributed by atoms with Crippen LogP contribution in [0.5, 0.6) is 11.5 Å². The Morgan fingerprint density at radius 3 is 2.75 bits per heavy atom. The van der Waals surface area contributed by atoms with Crippen molar-refractivity contribution >= 4 is 12.1 Å². The third kappa shape index (κ3) is 3.27. The van der Waals surface area contributed by atoms with Gasteiger partial charge >= 0.3 is 0 Å². The predicted molar refractivity (Wildman–Crippen MR) is 60.4 cm³/mol. The molecule has 0 aliphatic carbocycles. The van der Waals surface area contributed by atoms with Gasteiger partial charge < -0.3 is 15.2 Å². The van der Waals surface area contributed by atoms with Gasteiger partial charge in [0, 0.05) is 5.56 Å². The van der Waals surface area contributed by atoms with Crippen LogP contribution in [0.15, 0.2) is 18.2 Å². The van der Waals surface area contributed by atoms with Gasteiger partial charge in [-0.05, 0) is 25.1 Å². The summed E-state index contributed by atoms with van der Waals surface area (Å²) in [6, 6.07) is 4.83. The number of rotatable bonds is 6. The van der Waals surface area contributed by atoms with Gasteiger partial charge in [-0.3, -0.25) is 10.2 Å². The molecule has 0 spiro atoms. The maximum atomic E-state index is 10.6. The first-order chi connectivity index (χ1) is 7.67. The normalized spacial score (nSPS) is 9.56. The van der Waals surface area contributed by atoms with Crippen molar-refractivity contribution in [3.8, 4) is 11.5 Å². The summed E-state index contributed by atoms with van der Waals surface area (Å²) in [5, 5.41) is 7.05. The van der Waals surface area contributed by atoms with Gasteiger partial charge in [0.1, 0.15) is 18.7 Å². The van der Waals surface area contributed by atoms with E-state index in [1.165, 1.54) is 0 Å². The van der Waals surface area contributed by atoms with E-state index in [4.69, 9.17) is 20.6 Å². The van der Waals surface area contributed by atoms with Crippen LogP contribution in [0.2, 0.25) is 0 Å². The predicted octanol–water partition coefficient (Wildman–Crippen LogP) is 1.21. The highest BCUT2D eigenvalue weighted by molar-refractivity contribution is 5.79. The molecule has 86 valence electrons. The Balaban J connectivity index is 2.88. The number of nitrogens with two attached hydrogens (primary N) is 1. The van der Waals surface area contributed by atoms with Gasteiger partial charge in [0.2, 0.25) is 0 Å². The molecule has 5 nitrogen and oxygen atoms in total. The van der Waals surface area contributed by atoms with Crippen LogP contribution in [0, 0.1) is 5.41 Å². The zero-order valence-corrected chi connectivity index (χ0v) is 9.03. The molecule has 0 aliphatic heterocycles. The topological polar surface area (TPSA) is 85.4 Å². The molecule has 1 aromatic carbocycles. The van der Waals surface area contributed by atoms with Crippen molar-refractivity contribution in [2.75, 3.05) is 13.2 Å². The molecule has 3 N–H and O–H groups in total. The van der Waals surface area contributed by atoms with Gasteiger partial charge in [-0.25, -0.2) is 0 Å². The molecule has 0 unspecified atom stereocenters. The highest BCUT2D eigenvalue weighted by atomic mass is 16.5. The van der Waals surface area contributed by atoms with Gasteiger partial charge in [-0.15, -0.1) is 0 Å². The van der Waals surface area contributed by atoms with E-state index < -0.39 is 0 Å². The smallest absolute Gasteiger partial charge is 0.161 e. The quantitative estimate of drug-likeness (QED) is 0.430. The van der Waals surface area contributed by atoms with E-state index in [1.54, 1.807) is 18.2 Å². The lowest BCUT2D eigenvalue weighted by Gasteiger charge is -2.11. The van der Waals surface area contributed by atoms with Gasteiger partial charge in [-0.1, -0.05) is 0 Å². The highest BCUT2D eigenvalue weighted by Crippen LogP contribution is 2.27. The Bertz CT molecular complexity index is 391. The maximum absolute atomic E-state index is 10.6. The molecule has 0 saturated carbocycles. The number of carbonyl (C=O) groups excluding carboxylic acids is 1. The molecule has 0 atom stereocenters. The van der Waals surface area contributed by atoms with Crippen molar-refractivity contribution < 1.29 is 14.3 Å². The molecular formula is C11H14N2O3. The molecule has 0 radical (unpaired) electrons. The Kier molecular flexibility index (Phi) is 4.32. The highest BCUT2D eigenvalue weighted by Gasteiger charge is 2.06. The summed E-state index contributed by atoms with van der Waals surface area (Å²) in [5.74, 6) is 0.887. The average molecular weight is 222 g/mol. The molecule has 0 aliphatic rings. The zero-order chi connectivity index (χ0) is 12.0. The number of nitrogens with one attached hydrogen (secondary N) is 1. The Labute approximate surface area is 93.7 Å². The van der Waals surface area contributed by atoms with E-state index in [9.17, 15) is 4.79 Å². The molecule has 0 bridgehead atoms. The summed E-state index contributed by atoms with van der Waals surface area (Å²) in [6.07, 6.45) is 0.733. The molecule has 0 saturated heterocycles. The molecule has 0 aromatic heterocycles. The summed E-state index contributed by atoms with van der Waals surface area (Å²) >= 11 is 0. The van der Waals surface area contributed by atoms with Crippen LogP contribution in [0.4, 0.5) is 0 Å². The SMILES string of the molecule is CCOc1cc(C=O)ccc1OCC(=N)N. The van der Waals surface area contributed by atoms with Crippen LogP contribution in [0.3, 0.4) is 0 Å². The summed E-state index contributed by atoms with van der Waals surface area (Å²) < 4.78 is 10.6. The number of carbonyl (C=O) groups is 1. The minimum Gasteiger partial charge on any atom is -0.490 e. The Morgan fingerprint density at radius 1 is 1.44 bits per heavy atom. The van der Waals surface area contributed by atoms with Gasteiger partial charge in [0.15, 0.2) is 11.5 Å². The molecule has 1 aromatic rings. The average Bonchev–Trinajstić information content (AvgIpc) is 2.27. The molecule has 0 fully saturated rings. The van der Waals surface area contributed by atoms with Crippen LogP contribution in [0.1, 0.15) is 17.3 Å². The van der Waals surface area contributed by atoms with E-state index in [2.05, 4.69) is 0 Å². The maximum Gasteiger partial charge on any atom is 0.161 e. The summed E-state index contributed by atoms with van der Waals surface area (Å²) in [7, 11) is 0. The number of benzene rings is 1. The summed E-state index contributed by atoms with van der Waals surface area (Å²) in [4.78, 5) is 10.6. The van der Waals surface area contributed by atoms with Crippen molar-refractivity contribution in [2.24, 2.45) is 5.73 Å². The standard InChI is InChI=1S/C11H14N2O3/c1-2-15-10-5-8(6-14)3-4-9(10)16-7-11(12)13/h3-6H,2,7H2,1H3,(H3,12,13). The number of ether oxygens (including phenoxy) is 2. The van der Waals surface area contributed by atoms with Crippen LogP contribution in [0.25, 0.3) is 0 Å². The van der Waals surface area contributed by atoms with E-state index in [1.807, 2.05) is 6.92 Å². The Morgan fingerprint density at radius 2 is 2.19 bits per heavy atom. The van der Waals surface area contributed by atoms with Crippen LogP contribution < -0.4 is 15.2 Å². The molecule has 16 heavy (non-hydrogen) atoms. The van der Waals surface area contributed by atoms with E-state index >= 15 is 0 Å². The van der Waals surface area contributed by atoms with Crippen molar-refractivity contribution in [1.29, 1.82) is 5.41 Å². The second-order valence-electron chi connectivity index (χ2n) is 3.07. The fraction of sp³-hybridized carbons (Fsp3) is 0.273. The van der Waals surface area contributed by atoms with E-state index in [0.29, 0.717) is 23.7 Å². The van der Waals surface area contributed by atoms with Gasteiger partial charge in [0.05, 0.1) is 6.61 Å². The monoisotopic (exact) mass is 222 g/mol. The molecule has 0 amide bonds. The Hall–Kier alpha value is -2.04. The largest absolute Gasteiger partial charge is 0.490 e. The van der Waals surface area contributed by atoms with Crippen molar-refractivity contribution in [3.63, 3.8) is 0 Å². The first kappa shape index (κ1) is 12.0. The fourth-order valence-corrected chi connectivity index (χ4v) is 1.14. The minimum atomic E-state index is -0.0677. The number of amidine groups is 1. The summed E-state index contributed by atoms with van der Waals surface area (Å²) in [5.41, 5.74) is 5.69. The number of aldehydes is 1. The molecule has 0 heterocycles. The van der Waals surface area contributed by atoms with Crippen LogP contribution >= 0.6 is 0 Å². The zero-order valence-electron chi connectivity index (χ0n) is 9.03. The second kappa shape index (κ2) is 5.75. The van der Waals surface area contributed by atoms with Gasteiger partial charge in [-0.2, -0.15) is 0 Å². The lowest BCUT2D eigenvalue weighted by Crippen LogP contribution is -2.19. The fourth-order valence-electron chi connectivity index (χ4n) is 1.14. The van der Waals surface area contributed by atoms with Crippen molar-refractivity contribution in [1.82, 2.24) is 0 Å². The third-order valence-electron chi connectivity index (χ3n) is 1.79. The van der Waals surface area contributed by atoms with Crippen molar-refractivity contribution in [3.05, 3.63) is 23.8 Å². The van der Waals surface area contributed by atoms with E-state index in [-0.39, 0.29) is 12.4 Å². The second-order valence-corrected chi connectivity index (χ2v) is 3.07. The minimum absolute atomic E-state index is 0.000506. The number of hydrogen-bond acceptors (Lipinski definition) is 4. The summed E-state index contributed by atoms with van der Waals surface area (Å²) in [6.45, 7) is 2.31. The lowest BCUT2D eigenvalue weighted by atomic mass is 10.2. The first-order valence-electron chi connectivity index (χ1n) is 4.85. The lowest BCUT2D eigenvalue weighted by molar-refractivity contribution is 0.112. The molecular weight excluding hydrogens is 208 g/mol. The van der Waals surface area contributed by atoms with Gasteiger partial charge in [0.25, 0.3) is 0 Å². The third-order valence-corrected chi connectivity index (χ3v) is 1.79.